The highest BCUT2D eigenvalue weighted by Crippen LogP contribution is 2.66. The Hall–Kier alpha value is -3.03. The number of carbonyl (C=O) groups is 2. The summed E-state index contributed by atoms with van der Waals surface area (Å²) in [5, 5.41) is 13.7. The number of para-hydroxylation sites is 1. The van der Waals surface area contributed by atoms with Gasteiger partial charge in [-0.25, -0.2) is 5.06 Å². The van der Waals surface area contributed by atoms with Gasteiger partial charge in [0.25, 0.3) is 11.8 Å². The molecule has 2 spiro atoms. The summed E-state index contributed by atoms with van der Waals surface area (Å²) in [5.41, 5.74) is -1.20. The van der Waals surface area contributed by atoms with Crippen molar-refractivity contribution in [3.63, 3.8) is 0 Å². The van der Waals surface area contributed by atoms with Crippen LogP contribution < -0.4 is 0 Å². The molecule has 1 N–H and O–H groups in total. The summed E-state index contributed by atoms with van der Waals surface area (Å²) in [6, 6.07) is 17.3. The highest BCUT2D eigenvalue weighted by molar-refractivity contribution is 6.11. The average Bonchev–Trinajstić information content (AvgIpc) is 3.42. The number of aliphatic imine (C=N–C) groups is 1. The molecule has 5 aliphatic heterocycles. The van der Waals surface area contributed by atoms with Crippen LogP contribution in [0, 0.1) is 11.3 Å². The number of piperidine rings is 2. The van der Waals surface area contributed by atoms with Crippen molar-refractivity contribution in [2.45, 2.75) is 62.8 Å². The number of hydrogen-bond donors (Lipinski definition) is 1. The van der Waals surface area contributed by atoms with Gasteiger partial charge in [-0.2, -0.15) is 0 Å². The Labute approximate surface area is 204 Å². The second-order valence-electron chi connectivity index (χ2n) is 11.4. The molecule has 4 atom stereocenters. The van der Waals surface area contributed by atoms with Gasteiger partial charge in [-0.05, 0) is 30.9 Å². The molecule has 2 amide bonds. The van der Waals surface area contributed by atoms with Crippen molar-refractivity contribution in [3.8, 4) is 0 Å². The Morgan fingerprint density at radius 1 is 1.06 bits per heavy atom. The molecule has 0 radical (unpaired) electrons. The highest BCUT2D eigenvalue weighted by Gasteiger charge is 2.80. The largest absolute Gasteiger partial charge is 0.379 e. The Bertz CT molecular complexity index is 1310. The number of amides is 2. The number of piperazine rings is 1. The van der Waals surface area contributed by atoms with Gasteiger partial charge in [-0.3, -0.25) is 19.4 Å². The Kier molecular flexibility index (Phi) is 4.00. The van der Waals surface area contributed by atoms with Crippen molar-refractivity contribution < 1.29 is 19.5 Å². The van der Waals surface area contributed by atoms with E-state index in [0.717, 1.165) is 17.7 Å². The van der Waals surface area contributed by atoms with Gasteiger partial charge in [0.2, 0.25) is 0 Å². The van der Waals surface area contributed by atoms with E-state index in [9.17, 15) is 14.7 Å². The van der Waals surface area contributed by atoms with Gasteiger partial charge in [0.15, 0.2) is 5.54 Å². The molecule has 2 unspecified atom stereocenters. The van der Waals surface area contributed by atoms with Crippen molar-refractivity contribution in [1.29, 1.82) is 0 Å². The molecule has 2 bridgehead atoms. The summed E-state index contributed by atoms with van der Waals surface area (Å²) >= 11 is 0. The Balaban J connectivity index is 1.42. The van der Waals surface area contributed by atoms with Crippen LogP contribution in [0.5, 0.6) is 0 Å². The lowest BCUT2D eigenvalue weighted by atomic mass is 9.47. The maximum atomic E-state index is 14.4. The Morgan fingerprint density at radius 2 is 1.80 bits per heavy atom. The van der Waals surface area contributed by atoms with E-state index in [1.807, 2.05) is 54.6 Å². The van der Waals surface area contributed by atoms with Crippen molar-refractivity contribution in [2.24, 2.45) is 16.3 Å². The lowest BCUT2D eigenvalue weighted by molar-refractivity contribution is -0.293. The normalized spacial score (nSPS) is 36.0. The van der Waals surface area contributed by atoms with E-state index in [0.29, 0.717) is 30.7 Å². The molecule has 2 aromatic rings. The first-order valence-corrected chi connectivity index (χ1v) is 12.5. The number of hydrogen-bond acceptors (Lipinski definition) is 5. The topological polar surface area (TPSA) is 82.4 Å². The predicted molar refractivity (Wildman–Crippen MR) is 128 cm³/mol. The third-order valence-corrected chi connectivity index (χ3v) is 9.35. The van der Waals surface area contributed by atoms with Crippen LogP contribution in [0.1, 0.15) is 50.7 Å². The molecule has 1 aliphatic carbocycles. The fraction of sp³-hybridized carbons (Fsp3) is 0.464. The zero-order valence-electron chi connectivity index (χ0n) is 20.0. The van der Waals surface area contributed by atoms with Gasteiger partial charge >= 0.3 is 0 Å². The molecule has 0 aromatic heterocycles. The van der Waals surface area contributed by atoms with Crippen LogP contribution in [-0.4, -0.2) is 50.2 Å². The molecule has 2 aromatic carbocycles. The number of nitrogens with zero attached hydrogens (tertiary/aromatic N) is 3. The first-order chi connectivity index (χ1) is 16.7. The Morgan fingerprint density at radius 3 is 2.60 bits per heavy atom. The maximum Gasteiger partial charge on any atom is 0.273 e. The van der Waals surface area contributed by atoms with Crippen molar-refractivity contribution in [1.82, 2.24) is 9.96 Å². The van der Waals surface area contributed by atoms with E-state index in [1.165, 1.54) is 5.06 Å². The number of benzene rings is 2. The van der Waals surface area contributed by atoms with Crippen molar-refractivity contribution in [2.75, 3.05) is 6.54 Å². The molecular weight excluding hydrogens is 442 g/mol. The zero-order valence-corrected chi connectivity index (χ0v) is 20.0. The minimum Gasteiger partial charge on any atom is -0.379 e. The summed E-state index contributed by atoms with van der Waals surface area (Å²) < 4.78 is 0. The van der Waals surface area contributed by atoms with E-state index in [1.54, 1.807) is 4.90 Å². The molecule has 4 saturated heterocycles. The average molecular weight is 472 g/mol. The number of aliphatic hydroxyl groups is 1. The van der Waals surface area contributed by atoms with Crippen LogP contribution in [0.3, 0.4) is 0 Å². The van der Waals surface area contributed by atoms with E-state index < -0.39 is 22.1 Å². The van der Waals surface area contributed by atoms with E-state index in [4.69, 9.17) is 9.83 Å². The van der Waals surface area contributed by atoms with Gasteiger partial charge in [-0.1, -0.05) is 62.4 Å². The smallest absolute Gasteiger partial charge is 0.273 e. The van der Waals surface area contributed by atoms with Crippen LogP contribution in [0.25, 0.3) is 0 Å². The number of hydroxylamine groups is 2. The van der Waals surface area contributed by atoms with Crippen molar-refractivity contribution in [3.05, 3.63) is 65.7 Å². The third kappa shape index (κ3) is 2.36. The first-order valence-electron chi connectivity index (χ1n) is 12.5. The SMILES string of the molecule is CC1(C)C2=Nc3ccccc3[C@@]2(O)CC23C(=O)N4CCCC4(C[C@@H]12)C(=O)N3OCc1ccccc1. The number of rotatable bonds is 3. The van der Waals surface area contributed by atoms with Crippen LogP contribution in [0.2, 0.25) is 0 Å². The second kappa shape index (κ2) is 6.59. The van der Waals surface area contributed by atoms with Gasteiger partial charge in [0.1, 0.15) is 17.7 Å². The van der Waals surface area contributed by atoms with Crippen LogP contribution in [0.4, 0.5) is 5.69 Å². The van der Waals surface area contributed by atoms with E-state index in [2.05, 4.69) is 13.8 Å². The number of carbonyl (C=O) groups excluding carboxylic acids is 2. The monoisotopic (exact) mass is 471 g/mol. The molecule has 1 saturated carbocycles. The molecule has 6 aliphatic rings. The summed E-state index contributed by atoms with van der Waals surface area (Å²) in [5.74, 6) is -0.463. The van der Waals surface area contributed by atoms with Gasteiger partial charge in [0.05, 0.1) is 11.4 Å². The predicted octanol–water partition coefficient (Wildman–Crippen LogP) is 3.48. The van der Waals surface area contributed by atoms with E-state index in [-0.39, 0.29) is 30.8 Å². The highest BCUT2D eigenvalue weighted by atomic mass is 16.7. The lowest BCUT2D eigenvalue weighted by Crippen LogP contribution is -2.86. The zero-order chi connectivity index (χ0) is 24.2. The molecule has 5 heterocycles. The molecule has 35 heavy (non-hydrogen) atoms. The van der Waals surface area contributed by atoms with Crippen LogP contribution >= 0.6 is 0 Å². The lowest BCUT2D eigenvalue weighted by Gasteiger charge is -2.68. The fourth-order valence-corrected chi connectivity index (χ4v) is 7.87. The molecular formula is C28H29N3O4. The summed E-state index contributed by atoms with van der Waals surface area (Å²) in [6.45, 7) is 4.89. The molecule has 180 valence electrons. The molecule has 8 rings (SSSR count). The van der Waals surface area contributed by atoms with Gasteiger partial charge in [0, 0.05) is 29.9 Å². The standard InChI is InChI=1S/C28H29N3O4/c1-25(2)21-15-26-13-8-14-30(26)24(33)27(21,31(23(26)32)35-16-18-9-4-3-5-10-18)17-28(34)19-11-6-7-12-20(19)29-22(25)28/h3-7,9-12,21,34H,8,13-17H2,1-2H3/t21-,26?,27?,28-/m0/s1. The minimum absolute atomic E-state index is 0.0515. The molecule has 5 fully saturated rings. The second-order valence-corrected chi connectivity index (χ2v) is 11.4. The van der Waals surface area contributed by atoms with E-state index >= 15 is 0 Å². The summed E-state index contributed by atoms with van der Waals surface area (Å²) in [4.78, 5) is 41.6. The van der Waals surface area contributed by atoms with Gasteiger partial charge in [-0.15, -0.1) is 0 Å². The quantitative estimate of drug-likeness (QED) is 0.743. The summed E-state index contributed by atoms with van der Waals surface area (Å²) in [6.07, 6.45) is 2.06. The van der Waals surface area contributed by atoms with Crippen LogP contribution in [-0.2, 0) is 26.6 Å². The third-order valence-electron chi connectivity index (χ3n) is 9.35. The van der Waals surface area contributed by atoms with Crippen molar-refractivity contribution >= 4 is 23.2 Å². The molecule has 7 heteroatoms. The minimum atomic E-state index is -1.45. The maximum absolute atomic E-state index is 14.4. The van der Waals surface area contributed by atoms with Gasteiger partial charge < -0.3 is 10.0 Å². The number of fused-ring (bicyclic) bond motifs is 4. The first kappa shape index (κ1) is 21.3. The molecule has 7 nitrogen and oxygen atoms in total. The van der Waals surface area contributed by atoms with Crippen LogP contribution in [0.15, 0.2) is 59.6 Å². The summed E-state index contributed by atoms with van der Waals surface area (Å²) in [7, 11) is 0. The fourth-order valence-electron chi connectivity index (χ4n) is 7.87.